The number of nitrogens with one attached hydrogen (secondary N) is 2. The van der Waals surface area contributed by atoms with E-state index in [1.165, 1.54) is 5.56 Å². The van der Waals surface area contributed by atoms with Crippen molar-refractivity contribution in [1.29, 1.82) is 0 Å². The summed E-state index contributed by atoms with van der Waals surface area (Å²) in [6.45, 7) is 3.49. The van der Waals surface area contributed by atoms with Gasteiger partial charge in [0.2, 0.25) is 0 Å². The van der Waals surface area contributed by atoms with Crippen LogP contribution in [0.4, 0.5) is 5.82 Å². The number of anilines is 1. The number of hydrogen-bond acceptors (Lipinski definition) is 4. The van der Waals surface area contributed by atoms with Gasteiger partial charge in [0.15, 0.2) is 5.82 Å². The van der Waals surface area contributed by atoms with Crippen LogP contribution in [0, 0.1) is 5.92 Å². The Kier molecular flexibility index (Phi) is 4.95. The van der Waals surface area contributed by atoms with Crippen LogP contribution in [0.5, 0.6) is 0 Å². The van der Waals surface area contributed by atoms with Crippen molar-refractivity contribution in [2.75, 3.05) is 25.0 Å². The van der Waals surface area contributed by atoms with E-state index in [4.69, 9.17) is 4.74 Å². The van der Waals surface area contributed by atoms with E-state index in [-0.39, 0.29) is 6.10 Å². The predicted molar refractivity (Wildman–Crippen MR) is 99.3 cm³/mol. The third-order valence-electron chi connectivity index (χ3n) is 4.67. The van der Waals surface area contributed by atoms with Crippen LogP contribution in [0.25, 0.3) is 0 Å². The van der Waals surface area contributed by atoms with Gasteiger partial charge in [-0.05, 0) is 18.1 Å². The second-order valence-corrected chi connectivity index (χ2v) is 6.54. The standard InChI is InChI=1S/C20H24N4O/c1-2-4-16(5-3-1)15-24-12-10-20(23-24)22-18-8-6-17(7-9-18)19-14-21-11-13-25-19/h1-6,8-10,12,17,19,21H,7,11,13-15H2,(H,22,23)/t17?,19-/m1/s1. The Hall–Kier alpha value is -2.37. The third kappa shape index (κ3) is 4.18. The van der Waals surface area contributed by atoms with Crippen molar-refractivity contribution in [2.45, 2.75) is 19.1 Å². The lowest BCUT2D eigenvalue weighted by molar-refractivity contribution is 0.00355. The van der Waals surface area contributed by atoms with E-state index in [0.29, 0.717) is 5.92 Å². The average Bonchev–Trinajstić information content (AvgIpc) is 3.11. The number of nitrogens with zero attached hydrogens (tertiary/aromatic N) is 2. The van der Waals surface area contributed by atoms with Gasteiger partial charge in [0.05, 0.1) is 19.3 Å². The average molecular weight is 336 g/mol. The topological polar surface area (TPSA) is 51.1 Å². The van der Waals surface area contributed by atoms with E-state index in [0.717, 1.165) is 44.2 Å². The van der Waals surface area contributed by atoms with Gasteiger partial charge in [0.25, 0.3) is 0 Å². The zero-order chi connectivity index (χ0) is 16.9. The maximum Gasteiger partial charge on any atom is 0.152 e. The summed E-state index contributed by atoms with van der Waals surface area (Å²) in [5.41, 5.74) is 2.35. The minimum Gasteiger partial charge on any atom is -0.375 e. The first-order chi connectivity index (χ1) is 12.4. The van der Waals surface area contributed by atoms with E-state index in [9.17, 15) is 0 Å². The van der Waals surface area contributed by atoms with Crippen LogP contribution >= 0.6 is 0 Å². The van der Waals surface area contributed by atoms with E-state index in [1.807, 2.05) is 23.0 Å². The smallest absolute Gasteiger partial charge is 0.152 e. The number of hydrogen-bond donors (Lipinski definition) is 2. The lowest BCUT2D eigenvalue weighted by Gasteiger charge is -2.30. The largest absolute Gasteiger partial charge is 0.375 e. The lowest BCUT2D eigenvalue weighted by atomic mass is 9.93. The highest BCUT2D eigenvalue weighted by Gasteiger charge is 2.23. The summed E-state index contributed by atoms with van der Waals surface area (Å²) in [6, 6.07) is 12.4. The van der Waals surface area contributed by atoms with Crippen LogP contribution in [0.1, 0.15) is 12.0 Å². The molecule has 2 atom stereocenters. The summed E-state index contributed by atoms with van der Waals surface area (Å²) in [5, 5.41) is 11.4. The van der Waals surface area contributed by atoms with E-state index >= 15 is 0 Å². The Morgan fingerprint density at radius 2 is 2.16 bits per heavy atom. The van der Waals surface area contributed by atoms with Gasteiger partial charge in [-0.1, -0.05) is 42.5 Å². The number of aromatic nitrogens is 2. The molecule has 1 fully saturated rings. The fourth-order valence-electron chi connectivity index (χ4n) is 3.30. The van der Waals surface area contributed by atoms with Gasteiger partial charge >= 0.3 is 0 Å². The number of rotatable bonds is 5. The molecule has 0 saturated carbocycles. The molecule has 1 aromatic heterocycles. The summed E-state index contributed by atoms with van der Waals surface area (Å²) in [4.78, 5) is 0. The molecule has 4 rings (SSSR count). The Labute approximate surface area is 148 Å². The summed E-state index contributed by atoms with van der Waals surface area (Å²) in [5.74, 6) is 1.33. The second kappa shape index (κ2) is 7.68. The Morgan fingerprint density at radius 1 is 1.24 bits per heavy atom. The molecule has 0 bridgehead atoms. The monoisotopic (exact) mass is 336 g/mol. The molecule has 5 nitrogen and oxygen atoms in total. The molecule has 0 radical (unpaired) electrons. The van der Waals surface area contributed by atoms with E-state index in [2.05, 4.69) is 58.2 Å². The van der Waals surface area contributed by atoms with Crippen molar-refractivity contribution in [1.82, 2.24) is 15.1 Å². The van der Waals surface area contributed by atoms with Gasteiger partial charge in [0.1, 0.15) is 0 Å². The van der Waals surface area contributed by atoms with Crippen molar-refractivity contribution in [3.8, 4) is 0 Å². The summed E-state index contributed by atoms with van der Waals surface area (Å²) in [7, 11) is 0. The van der Waals surface area contributed by atoms with Crippen molar-refractivity contribution >= 4 is 5.82 Å². The first-order valence-corrected chi connectivity index (χ1v) is 8.92. The highest BCUT2D eigenvalue weighted by Crippen LogP contribution is 2.23. The molecular weight excluding hydrogens is 312 g/mol. The Bertz CT molecular complexity index is 744. The molecule has 2 aromatic rings. The molecule has 5 heteroatoms. The normalized spacial score (nSPS) is 23.3. The molecule has 1 aliphatic heterocycles. The zero-order valence-electron chi connectivity index (χ0n) is 14.3. The summed E-state index contributed by atoms with van der Waals surface area (Å²) in [6.07, 6.45) is 9.91. The molecule has 1 unspecified atom stereocenters. The van der Waals surface area contributed by atoms with Gasteiger partial charge in [-0.2, -0.15) is 5.10 Å². The second-order valence-electron chi connectivity index (χ2n) is 6.54. The van der Waals surface area contributed by atoms with Crippen LogP contribution in [0.3, 0.4) is 0 Å². The van der Waals surface area contributed by atoms with Crippen LogP contribution in [0.15, 0.2) is 66.5 Å². The van der Waals surface area contributed by atoms with E-state index in [1.54, 1.807) is 0 Å². The molecule has 1 aromatic carbocycles. The summed E-state index contributed by atoms with van der Waals surface area (Å²) < 4.78 is 7.81. The minimum atomic E-state index is 0.285. The van der Waals surface area contributed by atoms with Crippen LogP contribution in [0.2, 0.25) is 0 Å². The van der Waals surface area contributed by atoms with Crippen LogP contribution in [-0.4, -0.2) is 35.6 Å². The molecular formula is C20H24N4O. The maximum atomic E-state index is 5.85. The highest BCUT2D eigenvalue weighted by atomic mass is 16.5. The van der Waals surface area contributed by atoms with Crippen LogP contribution in [-0.2, 0) is 11.3 Å². The number of allylic oxidation sites excluding steroid dienone is 2. The molecule has 1 aliphatic carbocycles. The third-order valence-corrected chi connectivity index (χ3v) is 4.67. The fourth-order valence-corrected chi connectivity index (χ4v) is 3.30. The Balaban J connectivity index is 1.32. The Morgan fingerprint density at radius 3 is 2.92 bits per heavy atom. The first kappa shape index (κ1) is 16.1. The lowest BCUT2D eigenvalue weighted by Crippen LogP contribution is -2.42. The van der Waals surface area contributed by atoms with E-state index < -0.39 is 0 Å². The van der Waals surface area contributed by atoms with Crippen molar-refractivity contribution in [3.05, 3.63) is 72.1 Å². The fraction of sp³-hybridized carbons (Fsp3) is 0.350. The molecule has 0 spiro atoms. The highest BCUT2D eigenvalue weighted by molar-refractivity contribution is 5.45. The number of benzene rings is 1. The molecule has 2 aliphatic rings. The maximum absolute atomic E-state index is 5.85. The number of ether oxygens (including phenoxy) is 1. The van der Waals surface area contributed by atoms with Crippen molar-refractivity contribution in [2.24, 2.45) is 5.92 Å². The molecule has 0 amide bonds. The van der Waals surface area contributed by atoms with Gasteiger partial charge in [-0.15, -0.1) is 0 Å². The predicted octanol–water partition coefficient (Wildman–Crippen LogP) is 2.79. The molecule has 2 heterocycles. The van der Waals surface area contributed by atoms with Crippen molar-refractivity contribution in [3.63, 3.8) is 0 Å². The zero-order valence-corrected chi connectivity index (χ0v) is 14.3. The minimum absolute atomic E-state index is 0.285. The molecule has 2 N–H and O–H groups in total. The number of morpholine rings is 1. The molecule has 25 heavy (non-hydrogen) atoms. The van der Waals surface area contributed by atoms with Crippen molar-refractivity contribution < 1.29 is 4.74 Å². The van der Waals surface area contributed by atoms with Gasteiger partial charge in [0, 0.05) is 37.0 Å². The molecule has 1 saturated heterocycles. The molecule has 130 valence electrons. The van der Waals surface area contributed by atoms with Crippen LogP contribution < -0.4 is 10.6 Å². The quantitative estimate of drug-likeness (QED) is 0.882. The SMILES string of the molecule is C1=CC([C@H]2CNCCO2)CC=C1Nc1ccn(Cc2ccccc2)n1. The van der Waals surface area contributed by atoms with Gasteiger partial charge in [-0.25, -0.2) is 0 Å². The first-order valence-electron chi connectivity index (χ1n) is 8.92. The summed E-state index contributed by atoms with van der Waals surface area (Å²) >= 11 is 0. The van der Waals surface area contributed by atoms with Gasteiger partial charge < -0.3 is 15.4 Å². The van der Waals surface area contributed by atoms with Gasteiger partial charge in [-0.3, -0.25) is 4.68 Å².